The van der Waals surface area contributed by atoms with Crippen LogP contribution in [0.5, 0.6) is 11.5 Å². The molecule has 0 aliphatic rings. The van der Waals surface area contributed by atoms with Gasteiger partial charge in [-0.2, -0.15) is 5.26 Å². The number of esters is 1. The lowest BCUT2D eigenvalue weighted by molar-refractivity contribution is 0.0730. The lowest BCUT2D eigenvalue weighted by Gasteiger charge is -2.12. The molecule has 0 heterocycles. The number of halogens is 4. The maximum atomic E-state index is 12.6. The Morgan fingerprint density at radius 3 is 2.26 bits per heavy atom. The Morgan fingerprint density at radius 2 is 1.61 bits per heavy atom. The number of ether oxygens (including phenoxy) is 2. The molecule has 0 atom stereocenters. The summed E-state index contributed by atoms with van der Waals surface area (Å²) < 4.78 is 10.8. The van der Waals surface area contributed by atoms with Crippen molar-refractivity contribution in [1.29, 1.82) is 5.26 Å². The molecule has 3 aromatic rings. The minimum atomic E-state index is -0.780. The van der Waals surface area contributed by atoms with Crippen molar-refractivity contribution >= 4 is 64.0 Å². The van der Waals surface area contributed by atoms with Gasteiger partial charge in [0.05, 0.1) is 39.4 Å². The third-order valence-electron chi connectivity index (χ3n) is 4.23. The molecular weight excluding hydrogens is 480 g/mol. The highest BCUT2D eigenvalue weighted by Gasteiger charge is 2.21. The number of hydrogen-bond donors (Lipinski definition) is 0. The van der Waals surface area contributed by atoms with Gasteiger partial charge in [-0.1, -0.05) is 64.6 Å². The summed E-state index contributed by atoms with van der Waals surface area (Å²) >= 11 is 24.1. The molecule has 0 bridgehead atoms. The fourth-order valence-corrected chi connectivity index (χ4v) is 3.51. The maximum absolute atomic E-state index is 12.6. The average molecular weight is 493 g/mol. The third-order valence-corrected chi connectivity index (χ3v) is 5.60. The summed E-state index contributed by atoms with van der Waals surface area (Å²) in [7, 11) is 1.43. The first kappa shape index (κ1) is 23.0. The molecule has 3 aromatic carbocycles. The Bertz CT molecular complexity index is 1210. The van der Waals surface area contributed by atoms with Crippen LogP contribution in [0.2, 0.25) is 20.1 Å². The number of nitriles is 1. The molecule has 156 valence electrons. The predicted molar refractivity (Wildman–Crippen MR) is 124 cm³/mol. The summed E-state index contributed by atoms with van der Waals surface area (Å²) in [6.45, 7) is 0. The Morgan fingerprint density at radius 1 is 0.935 bits per heavy atom. The molecule has 0 saturated heterocycles. The Balaban J connectivity index is 1.92. The number of rotatable bonds is 5. The molecule has 3 rings (SSSR count). The van der Waals surface area contributed by atoms with Crippen LogP contribution in [-0.4, -0.2) is 13.1 Å². The number of allylic oxidation sites excluding steroid dienone is 1. The second-order valence-corrected chi connectivity index (χ2v) is 7.82. The topological polar surface area (TPSA) is 59.3 Å². The van der Waals surface area contributed by atoms with Crippen molar-refractivity contribution in [2.24, 2.45) is 0 Å². The van der Waals surface area contributed by atoms with Gasteiger partial charge < -0.3 is 9.47 Å². The second-order valence-electron chi connectivity index (χ2n) is 6.19. The van der Waals surface area contributed by atoms with Crippen molar-refractivity contribution in [2.75, 3.05) is 7.11 Å². The monoisotopic (exact) mass is 491 g/mol. The Kier molecular flexibility index (Phi) is 7.48. The van der Waals surface area contributed by atoms with Gasteiger partial charge in [-0.05, 0) is 53.6 Å². The highest BCUT2D eigenvalue weighted by molar-refractivity contribution is 6.46. The van der Waals surface area contributed by atoms with Crippen molar-refractivity contribution in [3.8, 4) is 17.6 Å². The first-order chi connectivity index (χ1) is 14.8. The summed E-state index contributed by atoms with van der Waals surface area (Å²) in [6, 6.07) is 16.9. The molecule has 8 heteroatoms. The first-order valence-electron chi connectivity index (χ1n) is 8.75. The third kappa shape index (κ3) is 5.33. The number of nitrogens with zero attached hydrogens (tertiary/aromatic N) is 1. The van der Waals surface area contributed by atoms with Gasteiger partial charge in [0.25, 0.3) is 0 Å². The molecule has 0 aliphatic heterocycles. The summed E-state index contributed by atoms with van der Waals surface area (Å²) in [4.78, 5) is 12.6. The minimum Gasteiger partial charge on any atom is -0.493 e. The van der Waals surface area contributed by atoms with E-state index in [2.05, 4.69) is 6.07 Å². The molecule has 0 saturated carbocycles. The SMILES string of the molecule is COc1cc(C=C(C#N)c2ccc(Cl)cc2)ccc1OC(=O)c1c(Cl)ccc(Cl)c1Cl. The summed E-state index contributed by atoms with van der Waals surface area (Å²) in [5.41, 5.74) is 1.77. The molecular formula is C23H13Cl4NO3. The fourth-order valence-electron chi connectivity index (χ4n) is 2.70. The van der Waals surface area contributed by atoms with Gasteiger partial charge in [0.2, 0.25) is 0 Å². The normalized spacial score (nSPS) is 11.0. The van der Waals surface area contributed by atoms with Crippen LogP contribution in [-0.2, 0) is 0 Å². The van der Waals surface area contributed by atoms with Crippen LogP contribution in [0.3, 0.4) is 0 Å². The van der Waals surface area contributed by atoms with Crippen LogP contribution in [0, 0.1) is 11.3 Å². The molecule has 31 heavy (non-hydrogen) atoms. The van der Waals surface area contributed by atoms with Gasteiger partial charge in [0.1, 0.15) is 0 Å². The average Bonchev–Trinajstić information content (AvgIpc) is 2.76. The minimum absolute atomic E-state index is 0.000636. The van der Waals surface area contributed by atoms with E-state index in [4.69, 9.17) is 55.9 Å². The van der Waals surface area contributed by atoms with Gasteiger partial charge in [-0.15, -0.1) is 0 Å². The molecule has 0 spiro atoms. The molecule has 0 aliphatic carbocycles. The smallest absolute Gasteiger partial charge is 0.346 e. The van der Waals surface area contributed by atoms with Gasteiger partial charge in [-0.25, -0.2) is 4.79 Å². The van der Waals surface area contributed by atoms with E-state index >= 15 is 0 Å². The number of carbonyl (C=O) groups excluding carboxylic acids is 1. The lowest BCUT2D eigenvalue weighted by atomic mass is 10.0. The predicted octanol–water partition coefficient (Wildman–Crippen LogP) is 7.59. The largest absolute Gasteiger partial charge is 0.493 e. The van der Waals surface area contributed by atoms with Gasteiger partial charge in [-0.3, -0.25) is 0 Å². The van der Waals surface area contributed by atoms with Crippen molar-refractivity contribution in [3.05, 3.63) is 91.4 Å². The van der Waals surface area contributed by atoms with E-state index in [9.17, 15) is 10.1 Å². The zero-order valence-electron chi connectivity index (χ0n) is 16.0. The second kappa shape index (κ2) is 10.1. The Labute approximate surface area is 199 Å². The molecule has 0 radical (unpaired) electrons. The van der Waals surface area contributed by atoms with E-state index in [-0.39, 0.29) is 32.1 Å². The van der Waals surface area contributed by atoms with E-state index in [1.165, 1.54) is 19.2 Å². The van der Waals surface area contributed by atoms with Crippen LogP contribution in [0.15, 0.2) is 54.6 Å². The quantitative estimate of drug-likeness (QED) is 0.121. The van der Waals surface area contributed by atoms with E-state index in [0.717, 1.165) is 0 Å². The van der Waals surface area contributed by atoms with Gasteiger partial charge in [0.15, 0.2) is 11.5 Å². The zero-order chi connectivity index (χ0) is 22.5. The van der Waals surface area contributed by atoms with Crippen LogP contribution < -0.4 is 9.47 Å². The maximum Gasteiger partial charge on any atom is 0.346 e. The first-order valence-corrected chi connectivity index (χ1v) is 10.3. The number of methoxy groups -OCH3 is 1. The standard InChI is InChI=1S/C23H13Cl4NO3/c1-30-20-11-13(10-15(12-28)14-3-5-16(24)6-4-14)2-9-19(20)31-23(29)21-17(25)7-8-18(26)22(21)27/h2-11H,1H3. The van der Waals surface area contributed by atoms with Crippen LogP contribution in [0.25, 0.3) is 11.6 Å². The lowest BCUT2D eigenvalue weighted by Crippen LogP contribution is -2.11. The number of benzene rings is 3. The Hall–Kier alpha value is -2.68. The highest BCUT2D eigenvalue weighted by atomic mass is 35.5. The van der Waals surface area contributed by atoms with Crippen LogP contribution >= 0.6 is 46.4 Å². The fraction of sp³-hybridized carbons (Fsp3) is 0.0435. The van der Waals surface area contributed by atoms with Crippen LogP contribution in [0.1, 0.15) is 21.5 Å². The van der Waals surface area contributed by atoms with E-state index in [1.54, 1.807) is 48.5 Å². The molecule has 4 nitrogen and oxygen atoms in total. The van der Waals surface area contributed by atoms with E-state index in [0.29, 0.717) is 21.7 Å². The summed E-state index contributed by atoms with van der Waals surface area (Å²) in [6.07, 6.45) is 1.68. The number of carbonyl (C=O) groups is 1. The number of hydrogen-bond acceptors (Lipinski definition) is 4. The van der Waals surface area contributed by atoms with Crippen molar-refractivity contribution in [3.63, 3.8) is 0 Å². The van der Waals surface area contributed by atoms with E-state index < -0.39 is 5.97 Å². The summed E-state index contributed by atoms with van der Waals surface area (Å²) in [5.74, 6) is -0.343. The molecule has 0 N–H and O–H groups in total. The molecule has 0 aromatic heterocycles. The van der Waals surface area contributed by atoms with Crippen molar-refractivity contribution in [2.45, 2.75) is 0 Å². The molecule has 0 amide bonds. The molecule has 0 fully saturated rings. The van der Waals surface area contributed by atoms with Crippen molar-refractivity contribution < 1.29 is 14.3 Å². The van der Waals surface area contributed by atoms with Crippen molar-refractivity contribution in [1.82, 2.24) is 0 Å². The zero-order valence-corrected chi connectivity index (χ0v) is 19.0. The van der Waals surface area contributed by atoms with Crippen LogP contribution in [0.4, 0.5) is 0 Å². The summed E-state index contributed by atoms with van der Waals surface area (Å²) in [5, 5.41) is 10.4. The van der Waals surface area contributed by atoms with Gasteiger partial charge >= 0.3 is 5.97 Å². The van der Waals surface area contributed by atoms with E-state index in [1.807, 2.05) is 0 Å². The highest BCUT2D eigenvalue weighted by Crippen LogP contribution is 2.35. The molecule has 0 unspecified atom stereocenters. The van der Waals surface area contributed by atoms with Gasteiger partial charge in [0, 0.05) is 5.02 Å².